The molecule has 0 aromatic heterocycles. The number of anilines is 1. The first-order valence-corrected chi connectivity index (χ1v) is 6.59. The molecule has 0 saturated heterocycles. The van der Waals surface area contributed by atoms with Crippen LogP contribution in [0.5, 0.6) is 0 Å². The first-order valence-electron chi connectivity index (χ1n) is 6.59. The second-order valence-electron chi connectivity index (χ2n) is 5.16. The summed E-state index contributed by atoms with van der Waals surface area (Å²) in [5, 5.41) is 3.14. The highest BCUT2D eigenvalue weighted by atomic mass is 19.2. The first-order chi connectivity index (χ1) is 9.63. The first kappa shape index (κ1) is 13.0. The Balaban J connectivity index is 1.61. The summed E-state index contributed by atoms with van der Waals surface area (Å²) < 4.78 is 39.5. The Morgan fingerprint density at radius 1 is 0.850 bits per heavy atom. The van der Waals surface area contributed by atoms with E-state index in [2.05, 4.69) is 5.32 Å². The van der Waals surface area contributed by atoms with Crippen LogP contribution in [0.25, 0.3) is 0 Å². The second-order valence-corrected chi connectivity index (χ2v) is 5.16. The highest BCUT2D eigenvalue weighted by molar-refractivity contribution is 5.45. The van der Waals surface area contributed by atoms with E-state index in [0.29, 0.717) is 5.69 Å². The molecule has 3 rings (SSSR count). The zero-order valence-electron chi connectivity index (χ0n) is 10.7. The highest BCUT2D eigenvalue weighted by Crippen LogP contribution is 2.39. The van der Waals surface area contributed by atoms with Gasteiger partial charge in [0.1, 0.15) is 5.82 Å². The Labute approximate surface area is 115 Å². The maximum Gasteiger partial charge on any atom is 0.160 e. The molecule has 0 atom stereocenters. The van der Waals surface area contributed by atoms with E-state index in [4.69, 9.17) is 0 Å². The second kappa shape index (κ2) is 5.19. The van der Waals surface area contributed by atoms with Crippen molar-refractivity contribution in [3.05, 3.63) is 65.5 Å². The topological polar surface area (TPSA) is 12.0 Å². The summed E-state index contributed by atoms with van der Waals surface area (Å²) in [7, 11) is 0. The molecule has 1 aliphatic rings. The lowest BCUT2D eigenvalue weighted by molar-refractivity contribution is 0.363. The monoisotopic (exact) mass is 277 g/mol. The van der Waals surface area contributed by atoms with Gasteiger partial charge in [0.25, 0.3) is 0 Å². The zero-order chi connectivity index (χ0) is 14.1. The minimum atomic E-state index is -0.861. The van der Waals surface area contributed by atoms with Crippen LogP contribution in [0.2, 0.25) is 0 Å². The van der Waals surface area contributed by atoms with Crippen LogP contribution in [-0.2, 0) is 0 Å². The van der Waals surface area contributed by atoms with Crippen molar-refractivity contribution in [2.75, 3.05) is 5.32 Å². The number of rotatable bonds is 3. The number of halogens is 3. The molecule has 0 bridgehead atoms. The van der Waals surface area contributed by atoms with Crippen molar-refractivity contribution >= 4 is 5.69 Å². The van der Waals surface area contributed by atoms with E-state index in [0.717, 1.165) is 30.5 Å². The van der Waals surface area contributed by atoms with Gasteiger partial charge >= 0.3 is 0 Å². The van der Waals surface area contributed by atoms with Gasteiger partial charge in [-0.2, -0.15) is 0 Å². The molecule has 2 aromatic carbocycles. The molecule has 1 saturated carbocycles. The SMILES string of the molecule is Fc1ccc(NC2CC(c3ccccc3F)C2)cc1F. The predicted molar refractivity (Wildman–Crippen MR) is 72.1 cm³/mol. The van der Waals surface area contributed by atoms with Crippen molar-refractivity contribution in [3.8, 4) is 0 Å². The number of hydrogen-bond acceptors (Lipinski definition) is 1. The number of benzene rings is 2. The average molecular weight is 277 g/mol. The van der Waals surface area contributed by atoms with E-state index in [1.807, 2.05) is 6.07 Å². The number of hydrogen-bond donors (Lipinski definition) is 1. The molecule has 1 nitrogen and oxygen atoms in total. The van der Waals surface area contributed by atoms with E-state index >= 15 is 0 Å². The fraction of sp³-hybridized carbons (Fsp3) is 0.250. The highest BCUT2D eigenvalue weighted by Gasteiger charge is 2.31. The Morgan fingerprint density at radius 3 is 2.30 bits per heavy atom. The molecule has 1 fully saturated rings. The van der Waals surface area contributed by atoms with E-state index in [-0.39, 0.29) is 17.8 Å². The van der Waals surface area contributed by atoms with E-state index < -0.39 is 11.6 Å². The molecule has 0 spiro atoms. The molecule has 0 heterocycles. The molecular weight excluding hydrogens is 263 g/mol. The van der Waals surface area contributed by atoms with Crippen LogP contribution in [-0.4, -0.2) is 6.04 Å². The van der Waals surface area contributed by atoms with Crippen LogP contribution in [0.3, 0.4) is 0 Å². The van der Waals surface area contributed by atoms with Crippen molar-refractivity contribution < 1.29 is 13.2 Å². The molecule has 0 unspecified atom stereocenters. The third kappa shape index (κ3) is 2.50. The van der Waals surface area contributed by atoms with Gasteiger partial charge in [-0.05, 0) is 42.5 Å². The third-order valence-electron chi connectivity index (χ3n) is 3.77. The summed E-state index contributed by atoms with van der Waals surface area (Å²) >= 11 is 0. The van der Waals surface area contributed by atoms with Gasteiger partial charge in [-0.1, -0.05) is 18.2 Å². The largest absolute Gasteiger partial charge is 0.382 e. The van der Waals surface area contributed by atoms with Crippen molar-refractivity contribution in [2.45, 2.75) is 24.8 Å². The summed E-state index contributed by atoms with van der Waals surface area (Å²) in [6.07, 6.45) is 1.58. The molecule has 104 valence electrons. The molecule has 0 aliphatic heterocycles. The smallest absolute Gasteiger partial charge is 0.160 e. The summed E-state index contributed by atoms with van der Waals surface area (Å²) in [6, 6.07) is 10.7. The average Bonchev–Trinajstić information content (AvgIpc) is 2.39. The fourth-order valence-electron chi connectivity index (χ4n) is 2.62. The minimum Gasteiger partial charge on any atom is -0.382 e. The molecule has 2 aromatic rings. The predicted octanol–water partition coefficient (Wildman–Crippen LogP) is 4.46. The molecule has 4 heteroatoms. The summed E-state index contributed by atoms with van der Waals surface area (Å²) in [5.41, 5.74) is 1.29. The summed E-state index contributed by atoms with van der Waals surface area (Å²) in [5.74, 6) is -1.70. The lowest BCUT2D eigenvalue weighted by Gasteiger charge is -2.37. The summed E-state index contributed by atoms with van der Waals surface area (Å²) in [6.45, 7) is 0. The Morgan fingerprint density at radius 2 is 1.60 bits per heavy atom. The van der Waals surface area contributed by atoms with E-state index in [1.165, 1.54) is 12.1 Å². The van der Waals surface area contributed by atoms with E-state index in [1.54, 1.807) is 12.1 Å². The van der Waals surface area contributed by atoms with Gasteiger partial charge in [-0.3, -0.25) is 0 Å². The molecule has 0 radical (unpaired) electrons. The van der Waals surface area contributed by atoms with Gasteiger partial charge < -0.3 is 5.32 Å². The van der Waals surface area contributed by atoms with Crippen LogP contribution in [0, 0.1) is 17.5 Å². The van der Waals surface area contributed by atoms with Crippen molar-refractivity contribution in [3.63, 3.8) is 0 Å². The van der Waals surface area contributed by atoms with Crippen LogP contribution >= 0.6 is 0 Å². The van der Waals surface area contributed by atoms with Crippen molar-refractivity contribution in [1.82, 2.24) is 0 Å². The maximum atomic E-state index is 13.6. The fourth-order valence-corrected chi connectivity index (χ4v) is 2.62. The van der Waals surface area contributed by atoms with Crippen molar-refractivity contribution in [1.29, 1.82) is 0 Å². The van der Waals surface area contributed by atoms with Crippen LogP contribution in [0.15, 0.2) is 42.5 Å². The molecule has 1 N–H and O–H groups in total. The molecule has 1 aliphatic carbocycles. The van der Waals surface area contributed by atoms with Crippen molar-refractivity contribution in [2.24, 2.45) is 0 Å². The molecule has 20 heavy (non-hydrogen) atoms. The van der Waals surface area contributed by atoms with Gasteiger partial charge in [-0.25, -0.2) is 13.2 Å². The lowest BCUT2D eigenvalue weighted by atomic mass is 9.75. The summed E-state index contributed by atoms with van der Waals surface area (Å²) in [4.78, 5) is 0. The van der Waals surface area contributed by atoms with Crippen LogP contribution in [0.4, 0.5) is 18.9 Å². The van der Waals surface area contributed by atoms with Crippen LogP contribution < -0.4 is 5.32 Å². The maximum absolute atomic E-state index is 13.6. The number of nitrogens with one attached hydrogen (secondary N) is 1. The Hall–Kier alpha value is -1.97. The third-order valence-corrected chi connectivity index (χ3v) is 3.77. The van der Waals surface area contributed by atoms with Gasteiger partial charge in [0.2, 0.25) is 0 Å². The lowest BCUT2D eigenvalue weighted by Crippen LogP contribution is -2.34. The van der Waals surface area contributed by atoms with E-state index in [9.17, 15) is 13.2 Å². The standard InChI is InChI=1S/C16H14F3N/c17-14-4-2-1-3-13(14)10-7-12(8-10)20-11-5-6-15(18)16(19)9-11/h1-6,9-10,12,20H,7-8H2. The zero-order valence-corrected chi connectivity index (χ0v) is 10.7. The van der Waals surface area contributed by atoms with Crippen LogP contribution in [0.1, 0.15) is 24.3 Å². The molecular formula is C16H14F3N. The Kier molecular flexibility index (Phi) is 3.38. The normalized spacial score (nSPS) is 21.4. The molecule has 0 amide bonds. The van der Waals surface area contributed by atoms with Gasteiger partial charge in [0.15, 0.2) is 11.6 Å². The van der Waals surface area contributed by atoms with Gasteiger partial charge in [0.05, 0.1) is 0 Å². The van der Waals surface area contributed by atoms with Gasteiger partial charge in [0, 0.05) is 17.8 Å². The quantitative estimate of drug-likeness (QED) is 0.873. The minimum absolute atomic E-state index is 0.171. The Bertz CT molecular complexity index is 621. The van der Waals surface area contributed by atoms with Gasteiger partial charge in [-0.15, -0.1) is 0 Å².